The third-order valence-electron chi connectivity index (χ3n) is 6.27. The lowest BCUT2D eigenvalue weighted by molar-refractivity contribution is 0.0564. The van der Waals surface area contributed by atoms with E-state index in [0.717, 1.165) is 24.0 Å². The molecule has 1 aliphatic heterocycles. The van der Waals surface area contributed by atoms with Crippen molar-refractivity contribution in [2.75, 3.05) is 31.6 Å². The van der Waals surface area contributed by atoms with Crippen molar-refractivity contribution in [1.82, 2.24) is 30.1 Å². The minimum Gasteiger partial charge on any atom is -0.415 e. The van der Waals surface area contributed by atoms with Crippen LogP contribution in [0.4, 0.5) is 19.3 Å². The second-order valence-corrected chi connectivity index (χ2v) is 8.87. The molecule has 0 spiro atoms. The van der Waals surface area contributed by atoms with Crippen LogP contribution >= 0.6 is 0 Å². The number of rotatable bonds is 8. The van der Waals surface area contributed by atoms with E-state index < -0.39 is 12.3 Å². The molecule has 10 nitrogen and oxygen atoms in total. The van der Waals surface area contributed by atoms with Crippen molar-refractivity contribution < 1.29 is 22.7 Å². The highest BCUT2D eigenvalue weighted by molar-refractivity contribution is 5.90. The first kappa shape index (κ1) is 25.5. The first-order valence-corrected chi connectivity index (χ1v) is 12.4. The Morgan fingerprint density at radius 1 is 1.05 bits per heavy atom. The summed E-state index contributed by atoms with van der Waals surface area (Å²) >= 11 is 0. The lowest BCUT2D eigenvalue weighted by Crippen LogP contribution is -2.43. The maximum absolute atomic E-state index is 12.8. The van der Waals surface area contributed by atoms with E-state index in [0.29, 0.717) is 43.2 Å². The first-order valence-electron chi connectivity index (χ1n) is 12.4. The molecular weight excluding hydrogens is 496 g/mol. The number of hydrogen-bond acceptors (Lipinski definition) is 7. The number of nitrogens with one attached hydrogen (secondary N) is 1. The molecule has 2 amide bonds. The van der Waals surface area contributed by atoms with E-state index in [1.165, 1.54) is 0 Å². The van der Waals surface area contributed by atoms with Crippen LogP contribution in [0.3, 0.4) is 0 Å². The van der Waals surface area contributed by atoms with Crippen LogP contribution in [0.25, 0.3) is 22.7 Å². The second kappa shape index (κ2) is 11.5. The Bertz CT molecular complexity index is 1370. The van der Waals surface area contributed by atoms with Gasteiger partial charge in [-0.15, -0.1) is 15.3 Å². The van der Waals surface area contributed by atoms with E-state index in [1.54, 1.807) is 17.0 Å². The molecule has 1 N–H and O–H groups in total. The number of halogens is 2. The molecule has 1 fully saturated rings. The van der Waals surface area contributed by atoms with Crippen molar-refractivity contribution in [3.05, 3.63) is 66.2 Å². The van der Waals surface area contributed by atoms with Crippen LogP contribution in [0, 0.1) is 0 Å². The predicted molar refractivity (Wildman–Crippen MR) is 135 cm³/mol. The van der Waals surface area contributed by atoms with Gasteiger partial charge in [-0.05, 0) is 36.2 Å². The minimum absolute atomic E-state index is 0.0440. The quantitative estimate of drug-likeness (QED) is 0.338. The number of carbonyl (C=O) groups is 1. The number of urea groups is 1. The average Bonchev–Trinajstić information content (AvgIpc) is 3.64. The number of carbonyl (C=O) groups excluding carboxylic acids is 1. The normalized spacial score (nSPS) is 14.6. The minimum atomic E-state index is -2.81. The molecule has 12 heteroatoms. The summed E-state index contributed by atoms with van der Waals surface area (Å²) in [4.78, 5) is 14.3. The van der Waals surface area contributed by atoms with Gasteiger partial charge >= 0.3 is 12.5 Å². The molecule has 4 aromatic rings. The average molecular weight is 524 g/mol. The van der Waals surface area contributed by atoms with Gasteiger partial charge in [0.2, 0.25) is 5.89 Å². The smallest absolute Gasteiger partial charge is 0.321 e. The van der Waals surface area contributed by atoms with Crippen molar-refractivity contribution >= 4 is 11.7 Å². The van der Waals surface area contributed by atoms with Gasteiger partial charge < -0.3 is 19.4 Å². The number of benzene rings is 2. The van der Waals surface area contributed by atoms with Crippen molar-refractivity contribution in [2.24, 2.45) is 0 Å². The zero-order chi connectivity index (χ0) is 26.5. The molecule has 0 bridgehead atoms. The summed E-state index contributed by atoms with van der Waals surface area (Å²) in [6.07, 6.45) is 0.789. The fourth-order valence-corrected chi connectivity index (χ4v) is 4.30. The molecule has 3 heterocycles. The van der Waals surface area contributed by atoms with Crippen LogP contribution in [0.1, 0.15) is 43.7 Å². The van der Waals surface area contributed by atoms with E-state index in [-0.39, 0.29) is 18.0 Å². The van der Waals surface area contributed by atoms with Gasteiger partial charge in [-0.3, -0.25) is 0 Å². The van der Waals surface area contributed by atoms with Gasteiger partial charge in [-0.25, -0.2) is 9.48 Å². The molecule has 0 radical (unpaired) electrons. The fourth-order valence-electron chi connectivity index (χ4n) is 4.30. The van der Waals surface area contributed by atoms with Gasteiger partial charge in [0.25, 0.3) is 5.89 Å². The van der Waals surface area contributed by atoms with Crippen LogP contribution in [0.15, 0.2) is 59.1 Å². The number of hydrogen-bond donors (Lipinski definition) is 1. The molecule has 198 valence electrons. The lowest BCUT2D eigenvalue weighted by atomic mass is 10.0. The molecule has 2 aromatic carbocycles. The summed E-state index contributed by atoms with van der Waals surface area (Å²) < 4.78 is 37.7. The molecular formula is C26H27F2N7O3. The number of alkyl halides is 2. The van der Waals surface area contributed by atoms with E-state index >= 15 is 0 Å². The number of aromatic nitrogens is 5. The maximum atomic E-state index is 12.8. The summed E-state index contributed by atoms with van der Waals surface area (Å²) in [5.41, 5.74) is 3.71. The monoisotopic (exact) mass is 523 g/mol. The highest BCUT2D eigenvalue weighted by Gasteiger charge is 2.20. The van der Waals surface area contributed by atoms with Crippen molar-refractivity contribution in [1.29, 1.82) is 0 Å². The molecule has 1 saturated heterocycles. The van der Waals surface area contributed by atoms with Gasteiger partial charge in [0.05, 0.1) is 25.5 Å². The molecule has 0 saturated carbocycles. The number of ether oxygens (including phenoxy) is 1. The summed E-state index contributed by atoms with van der Waals surface area (Å²) in [5.74, 6) is -0.657. The number of nitrogens with zero attached hydrogens (tertiary/aromatic N) is 6. The second-order valence-electron chi connectivity index (χ2n) is 8.87. The molecule has 2 aromatic heterocycles. The zero-order valence-corrected chi connectivity index (χ0v) is 20.8. The molecule has 1 aliphatic rings. The number of morpholine rings is 1. The molecule has 5 rings (SSSR count). The Kier molecular flexibility index (Phi) is 7.68. The summed E-state index contributed by atoms with van der Waals surface area (Å²) in [6.45, 7) is 4.28. The van der Waals surface area contributed by atoms with Gasteiger partial charge in [0.1, 0.15) is 5.69 Å². The Morgan fingerprint density at radius 2 is 1.84 bits per heavy atom. The topological polar surface area (TPSA) is 111 Å². The van der Waals surface area contributed by atoms with Gasteiger partial charge in [0.15, 0.2) is 0 Å². The van der Waals surface area contributed by atoms with E-state index in [4.69, 9.17) is 9.15 Å². The van der Waals surface area contributed by atoms with Crippen molar-refractivity contribution in [3.63, 3.8) is 0 Å². The van der Waals surface area contributed by atoms with E-state index in [2.05, 4.69) is 32.7 Å². The zero-order valence-electron chi connectivity index (χ0n) is 20.8. The lowest BCUT2D eigenvalue weighted by Gasteiger charge is -2.26. The van der Waals surface area contributed by atoms with Gasteiger partial charge in [0, 0.05) is 29.9 Å². The van der Waals surface area contributed by atoms with Gasteiger partial charge in [-0.1, -0.05) is 42.8 Å². The van der Waals surface area contributed by atoms with E-state index in [9.17, 15) is 13.6 Å². The third-order valence-corrected chi connectivity index (χ3v) is 6.27. The Balaban J connectivity index is 1.32. The third kappa shape index (κ3) is 5.70. The highest BCUT2D eigenvalue weighted by atomic mass is 19.3. The molecule has 38 heavy (non-hydrogen) atoms. The molecule has 0 aliphatic carbocycles. The standard InChI is InChI=1S/C26H27F2N7O3/c1-2-4-22(17-7-9-18(10-8-17)24-31-32-25(38-24)23(27)28)35-16-21(30-33-35)19-5-3-6-20(15-19)29-26(36)34-11-13-37-14-12-34/h3,5-10,15-16,22-23H,2,4,11-14H2,1H3,(H,29,36). The van der Waals surface area contributed by atoms with E-state index in [1.807, 2.05) is 47.3 Å². The van der Waals surface area contributed by atoms with Crippen LogP contribution in [0.2, 0.25) is 0 Å². The van der Waals surface area contributed by atoms with Crippen LogP contribution in [-0.2, 0) is 4.74 Å². The molecule has 1 unspecified atom stereocenters. The summed E-state index contributed by atoms with van der Waals surface area (Å²) in [7, 11) is 0. The summed E-state index contributed by atoms with van der Waals surface area (Å²) in [6, 6.07) is 14.6. The first-order chi connectivity index (χ1) is 18.5. The Morgan fingerprint density at radius 3 is 2.55 bits per heavy atom. The Labute approximate surface area is 217 Å². The van der Waals surface area contributed by atoms with Gasteiger partial charge in [-0.2, -0.15) is 8.78 Å². The largest absolute Gasteiger partial charge is 0.415 e. The van der Waals surface area contributed by atoms with Crippen molar-refractivity contribution in [3.8, 4) is 22.7 Å². The van der Waals surface area contributed by atoms with Crippen molar-refractivity contribution in [2.45, 2.75) is 32.2 Å². The highest BCUT2D eigenvalue weighted by Crippen LogP contribution is 2.29. The number of amides is 2. The fraction of sp³-hybridized carbons (Fsp3) is 0.346. The Hall–Kier alpha value is -4.19. The molecule has 1 atom stereocenters. The maximum Gasteiger partial charge on any atom is 0.321 e. The number of anilines is 1. The van der Waals surface area contributed by atoms with Crippen LogP contribution in [-0.4, -0.2) is 62.4 Å². The summed E-state index contributed by atoms with van der Waals surface area (Å²) in [5, 5.41) is 18.8. The van der Waals surface area contributed by atoms with Crippen LogP contribution in [0.5, 0.6) is 0 Å². The van der Waals surface area contributed by atoms with Crippen LogP contribution < -0.4 is 5.32 Å². The predicted octanol–water partition coefficient (Wildman–Crippen LogP) is 5.19. The SMILES string of the molecule is CCCC(c1ccc(-c2nnc(C(F)F)o2)cc1)n1cc(-c2cccc(NC(=O)N3CCOCC3)c2)nn1.